The Bertz CT molecular complexity index is 530. The van der Waals surface area contributed by atoms with Crippen LogP contribution in [0, 0.1) is 13.8 Å². The van der Waals surface area contributed by atoms with Crippen molar-refractivity contribution < 1.29 is 4.79 Å². The molecule has 0 radical (unpaired) electrons. The van der Waals surface area contributed by atoms with Gasteiger partial charge in [0.15, 0.2) is 5.78 Å². The fourth-order valence-corrected chi connectivity index (χ4v) is 2.83. The predicted molar refractivity (Wildman–Crippen MR) is 68.1 cm³/mol. The Morgan fingerprint density at radius 2 is 2.25 bits per heavy atom. The molecular formula is C11H11BrN2OS. The summed E-state index contributed by atoms with van der Waals surface area (Å²) < 4.78 is 2.72. The number of nitrogens with zero attached hydrogens (tertiary/aromatic N) is 2. The summed E-state index contributed by atoms with van der Waals surface area (Å²) >= 11 is 4.80. The van der Waals surface area contributed by atoms with Crippen molar-refractivity contribution in [2.24, 2.45) is 0 Å². The molecule has 2 heterocycles. The number of carbonyl (C=O) groups is 1. The van der Waals surface area contributed by atoms with E-state index in [1.54, 1.807) is 4.68 Å². The molecule has 0 saturated heterocycles. The van der Waals surface area contributed by atoms with Gasteiger partial charge in [0.2, 0.25) is 0 Å². The first-order valence-corrected chi connectivity index (χ1v) is 6.47. The van der Waals surface area contributed by atoms with Crippen LogP contribution in [0.5, 0.6) is 0 Å². The largest absolute Gasteiger partial charge is 0.291 e. The second kappa shape index (κ2) is 4.51. The van der Waals surface area contributed by atoms with Crippen molar-refractivity contribution in [2.75, 3.05) is 0 Å². The first kappa shape index (κ1) is 11.5. The molecule has 0 bridgehead atoms. The van der Waals surface area contributed by atoms with Gasteiger partial charge in [-0.25, -0.2) is 0 Å². The van der Waals surface area contributed by atoms with Crippen LogP contribution in [-0.2, 0) is 6.54 Å². The SMILES string of the molecule is Cc1cc(C)n(CC(=O)c2ccc(Br)s2)n1. The maximum atomic E-state index is 11.9. The zero-order chi connectivity index (χ0) is 11.7. The Kier molecular flexibility index (Phi) is 3.25. The van der Waals surface area contributed by atoms with Gasteiger partial charge in [0.1, 0.15) is 6.54 Å². The number of hydrogen-bond donors (Lipinski definition) is 0. The first-order chi connectivity index (χ1) is 7.56. The molecule has 0 aliphatic rings. The summed E-state index contributed by atoms with van der Waals surface area (Å²) in [6, 6.07) is 5.69. The summed E-state index contributed by atoms with van der Waals surface area (Å²) in [5.74, 6) is 0.0990. The minimum Gasteiger partial charge on any atom is -0.291 e. The van der Waals surface area contributed by atoms with Gasteiger partial charge in [-0.15, -0.1) is 11.3 Å². The van der Waals surface area contributed by atoms with Crippen molar-refractivity contribution in [1.29, 1.82) is 0 Å². The predicted octanol–water partition coefficient (Wildman–Crippen LogP) is 3.21. The molecule has 2 aromatic rings. The molecule has 2 rings (SSSR count). The number of aryl methyl sites for hydroxylation is 2. The molecule has 0 aliphatic carbocycles. The van der Waals surface area contributed by atoms with Crippen molar-refractivity contribution in [3.63, 3.8) is 0 Å². The molecule has 0 unspecified atom stereocenters. The standard InChI is InChI=1S/C11H11BrN2OS/c1-7-5-8(2)14(13-7)6-9(15)10-3-4-11(12)16-10/h3-5H,6H2,1-2H3. The molecule has 0 saturated carbocycles. The zero-order valence-corrected chi connectivity index (χ0v) is 11.4. The van der Waals surface area contributed by atoms with Gasteiger partial charge in [0, 0.05) is 5.69 Å². The third-order valence-electron chi connectivity index (χ3n) is 2.24. The summed E-state index contributed by atoms with van der Waals surface area (Å²) in [4.78, 5) is 12.7. The lowest BCUT2D eigenvalue weighted by atomic mass is 10.3. The fourth-order valence-electron chi connectivity index (χ4n) is 1.51. The molecule has 16 heavy (non-hydrogen) atoms. The van der Waals surface area contributed by atoms with Crippen molar-refractivity contribution in [2.45, 2.75) is 20.4 Å². The molecule has 5 heteroatoms. The summed E-state index contributed by atoms with van der Waals surface area (Å²) in [7, 11) is 0. The quantitative estimate of drug-likeness (QED) is 0.816. The van der Waals surface area contributed by atoms with Gasteiger partial charge >= 0.3 is 0 Å². The van der Waals surface area contributed by atoms with Crippen LogP contribution in [0.15, 0.2) is 22.0 Å². The molecule has 2 aromatic heterocycles. The third kappa shape index (κ3) is 2.41. The molecule has 0 atom stereocenters. The molecule has 0 aliphatic heterocycles. The number of halogens is 1. The minimum absolute atomic E-state index is 0.0990. The molecule has 0 N–H and O–H groups in total. The highest BCUT2D eigenvalue weighted by Crippen LogP contribution is 2.22. The number of thiophene rings is 1. The fraction of sp³-hybridized carbons (Fsp3) is 0.273. The van der Waals surface area contributed by atoms with Crippen LogP contribution in [0.4, 0.5) is 0 Å². The highest BCUT2D eigenvalue weighted by atomic mass is 79.9. The molecule has 3 nitrogen and oxygen atoms in total. The number of Topliss-reactive ketones (excluding diaryl/α,β-unsaturated/α-hetero) is 1. The Morgan fingerprint density at radius 1 is 1.50 bits per heavy atom. The number of hydrogen-bond acceptors (Lipinski definition) is 3. The lowest BCUT2D eigenvalue weighted by molar-refractivity contribution is 0.0970. The van der Waals surface area contributed by atoms with E-state index >= 15 is 0 Å². The van der Waals surface area contributed by atoms with Gasteiger partial charge in [-0.05, 0) is 48.0 Å². The number of ketones is 1. The Labute approximate surface area is 106 Å². The molecule has 0 amide bonds. The highest BCUT2D eigenvalue weighted by Gasteiger charge is 2.11. The van der Waals surface area contributed by atoms with Crippen LogP contribution in [0.1, 0.15) is 21.1 Å². The van der Waals surface area contributed by atoms with Crippen LogP contribution in [-0.4, -0.2) is 15.6 Å². The van der Waals surface area contributed by atoms with Gasteiger partial charge in [0.05, 0.1) is 14.4 Å². The highest BCUT2D eigenvalue weighted by molar-refractivity contribution is 9.11. The summed E-state index contributed by atoms with van der Waals surface area (Å²) in [5.41, 5.74) is 1.96. The first-order valence-electron chi connectivity index (χ1n) is 4.86. The van der Waals surface area contributed by atoms with Crippen molar-refractivity contribution in [3.05, 3.63) is 38.3 Å². The average Bonchev–Trinajstić information content (AvgIpc) is 2.74. The van der Waals surface area contributed by atoms with Crippen LogP contribution in [0.3, 0.4) is 0 Å². The third-order valence-corrected chi connectivity index (χ3v) is 3.91. The Hall–Kier alpha value is -0.940. The molecule has 0 fully saturated rings. The maximum absolute atomic E-state index is 11.9. The van der Waals surface area contributed by atoms with E-state index in [4.69, 9.17) is 0 Å². The van der Waals surface area contributed by atoms with Crippen molar-refractivity contribution in [1.82, 2.24) is 9.78 Å². The molecular weight excluding hydrogens is 288 g/mol. The van der Waals surface area contributed by atoms with Gasteiger partial charge in [-0.1, -0.05) is 0 Å². The number of carbonyl (C=O) groups excluding carboxylic acids is 1. The van der Waals surface area contributed by atoms with Gasteiger partial charge in [-0.3, -0.25) is 9.48 Å². The van der Waals surface area contributed by atoms with E-state index < -0.39 is 0 Å². The average molecular weight is 299 g/mol. The topological polar surface area (TPSA) is 34.9 Å². The van der Waals surface area contributed by atoms with Gasteiger partial charge in [0.25, 0.3) is 0 Å². The summed E-state index contributed by atoms with van der Waals surface area (Å²) in [6.07, 6.45) is 0. The van der Waals surface area contributed by atoms with E-state index in [1.165, 1.54) is 11.3 Å². The van der Waals surface area contributed by atoms with Gasteiger partial charge in [-0.2, -0.15) is 5.10 Å². The summed E-state index contributed by atoms with van der Waals surface area (Å²) in [6.45, 7) is 4.19. The van der Waals surface area contributed by atoms with Gasteiger partial charge < -0.3 is 0 Å². The van der Waals surface area contributed by atoms with Crippen LogP contribution < -0.4 is 0 Å². The second-order valence-corrected chi connectivity index (χ2v) is 6.07. The van der Waals surface area contributed by atoms with Crippen molar-refractivity contribution in [3.8, 4) is 0 Å². The second-order valence-electron chi connectivity index (χ2n) is 3.61. The molecule has 84 valence electrons. The smallest absolute Gasteiger partial charge is 0.194 e. The van der Waals surface area contributed by atoms with Crippen LogP contribution in [0.2, 0.25) is 0 Å². The van der Waals surface area contributed by atoms with Crippen LogP contribution in [0.25, 0.3) is 0 Å². The Balaban J connectivity index is 2.16. The monoisotopic (exact) mass is 298 g/mol. The van der Waals surface area contributed by atoms with E-state index in [9.17, 15) is 4.79 Å². The lowest BCUT2D eigenvalue weighted by Crippen LogP contribution is -2.11. The molecule has 0 aromatic carbocycles. The van der Waals surface area contributed by atoms with E-state index in [2.05, 4.69) is 21.0 Å². The molecule has 0 spiro atoms. The normalized spacial score (nSPS) is 10.7. The van der Waals surface area contributed by atoms with E-state index in [1.807, 2.05) is 32.0 Å². The van der Waals surface area contributed by atoms with Crippen LogP contribution >= 0.6 is 27.3 Å². The van der Waals surface area contributed by atoms with E-state index in [0.717, 1.165) is 20.1 Å². The van der Waals surface area contributed by atoms with E-state index in [-0.39, 0.29) is 5.78 Å². The number of aromatic nitrogens is 2. The number of rotatable bonds is 3. The Morgan fingerprint density at radius 3 is 2.75 bits per heavy atom. The minimum atomic E-state index is 0.0990. The van der Waals surface area contributed by atoms with Crippen molar-refractivity contribution >= 4 is 33.0 Å². The zero-order valence-electron chi connectivity index (χ0n) is 9.03. The van der Waals surface area contributed by atoms with E-state index in [0.29, 0.717) is 6.54 Å². The lowest BCUT2D eigenvalue weighted by Gasteiger charge is -2.01. The maximum Gasteiger partial charge on any atom is 0.194 e. The summed E-state index contributed by atoms with van der Waals surface area (Å²) in [5, 5.41) is 4.27.